The molecule has 0 fully saturated rings. The van der Waals surface area contributed by atoms with E-state index in [-0.39, 0.29) is 17.1 Å². The van der Waals surface area contributed by atoms with Crippen LogP contribution >= 0.6 is 0 Å². The number of fused-ring (bicyclic) bond motifs is 1. The summed E-state index contributed by atoms with van der Waals surface area (Å²) in [4.78, 5) is 28.1. The van der Waals surface area contributed by atoms with E-state index >= 15 is 0 Å². The van der Waals surface area contributed by atoms with Crippen LogP contribution in [0, 0.1) is 6.92 Å². The molecule has 2 N–H and O–H groups in total. The fourth-order valence-electron chi connectivity index (χ4n) is 4.12. The van der Waals surface area contributed by atoms with Crippen molar-refractivity contribution in [3.63, 3.8) is 0 Å². The number of amides is 1. The smallest absolute Gasteiger partial charge is 0.294 e. The Balaban J connectivity index is 1.68. The first kappa shape index (κ1) is 19.6. The molecule has 1 amide bonds. The molecule has 6 heteroatoms. The quantitative estimate of drug-likeness (QED) is 0.437. The van der Waals surface area contributed by atoms with E-state index in [9.17, 15) is 19.8 Å². The lowest BCUT2D eigenvalue weighted by atomic mass is 9.94. The van der Waals surface area contributed by atoms with Gasteiger partial charge in [0.15, 0.2) is 11.5 Å². The molecule has 4 aromatic rings. The number of ketones is 1. The van der Waals surface area contributed by atoms with Crippen LogP contribution < -0.4 is 4.90 Å². The van der Waals surface area contributed by atoms with Crippen LogP contribution in [0.1, 0.15) is 27.7 Å². The predicted octanol–water partition coefficient (Wildman–Crippen LogP) is 5.23. The number of nitrogens with zero attached hydrogens (tertiary/aromatic N) is 1. The molecule has 1 unspecified atom stereocenters. The number of carbonyl (C=O) groups excluding carboxylic acids is 2. The van der Waals surface area contributed by atoms with Crippen molar-refractivity contribution >= 4 is 28.3 Å². The molecule has 1 aromatic heterocycles. The maximum Gasteiger partial charge on any atom is 0.294 e. The monoisotopic (exact) mass is 425 g/mol. The molecule has 2 heterocycles. The highest BCUT2D eigenvalue weighted by atomic mass is 16.3. The highest BCUT2D eigenvalue weighted by Crippen LogP contribution is 2.43. The molecule has 0 radical (unpaired) electrons. The topological polar surface area (TPSA) is 91.0 Å². The number of aryl methyl sites for hydroxylation is 1. The number of carbonyl (C=O) groups is 2. The largest absolute Gasteiger partial charge is 0.508 e. The van der Waals surface area contributed by atoms with Crippen molar-refractivity contribution in [1.82, 2.24) is 0 Å². The minimum Gasteiger partial charge on any atom is -0.508 e. The summed E-state index contributed by atoms with van der Waals surface area (Å²) in [6, 6.07) is 21.4. The number of aliphatic hydroxyl groups is 1. The number of anilines is 1. The van der Waals surface area contributed by atoms with E-state index in [2.05, 4.69) is 0 Å². The van der Waals surface area contributed by atoms with Gasteiger partial charge in [-0.1, -0.05) is 42.5 Å². The summed E-state index contributed by atoms with van der Waals surface area (Å²) >= 11 is 0. The lowest BCUT2D eigenvalue weighted by Gasteiger charge is -2.27. The molecule has 0 saturated carbocycles. The van der Waals surface area contributed by atoms with Gasteiger partial charge < -0.3 is 14.6 Å². The van der Waals surface area contributed by atoms with Crippen LogP contribution in [-0.2, 0) is 4.79 Å². The minimum absolute atomic E-state index is 0.0129. The van der Waals surface area contributed by atoms with Crippen molar-refractivity contribution in [1.29, 1.82) is 0 Å². The Bertz CT molecular complexity index is 1380. The minimum atomic E-state index is -0.933. The number of aliphatic hydroxyl groups excluding tert-OH is 1. The van der Waals surface area contributed by atoms with Crippen molar-refractivity contribution in [2.24, 2.45) is 0 Å². The van der Waals surface area contributed by atoms with Crippen molar-refractivity contribution in [2.45, 2.75) is 13.0 Å². The van der Waals surface area contributed by atoms with Gasteiger partial charge in [0.05, 0.1) is 11.6 Å². The standard InChI is InChI=1S/C26H19NO5/c1-15-6-4-9-18(12-15)27-23(17-8-5-10-19(28)13-17)22(25(30)26(27)31)24(29)21-14-16-7-2-3-11-20(16)32-21/h2-14,23,28,30H,1H3. The molecule has 0 aliphatic carbocycles. The molecule has 5 rings (SSSR count). The van der Waals surface area contributed by atoms with Gasteiger partial charge in [-0.05, 0) is 54.4 Å². The van der Waals surface area contributed by atoms with Gasteiger partial charge in [-0.2, -0.15) is 0 Å². The van der Waals surface area contributed by atoms with Gasteiger partial charge in [0, 0.05) is 11.1 Å². The van der Waals surface area contributed by atoms with Crippen LogP contribution in [0.5, 0.6) is 5.75 Å². The first-order valence-corrected chi connectivity index (χ1v) is 10.1. The molecular formula is C26H19NO5. The summed E-state index contributed by atoms with van der Waals surface area (Å²) < 4.78 is 5.72. The van der Waals surface area contributed by atoms with Crippen molar-refractivity contribution in [3.8, 4) is 5.75 Å². The first-order chi connectivity index (χ1) is 15.4. The average molecular weight is 425 g/mol. The first-order valence-electron chi connectivity index (χ1n) is 10.1. The Kier molecular flexibility index (Phi) is 4.56. The third kappa shape index (κ3) is 3.13. The van der Waals surface area contributed by atoms with Gasteiger partial charge in [-0.15, -0.1) is 0 Å². The molecule has 6 nitrogen and oxygen atoms in total. The number of Topliss-reactive ketones (excluding diaryl/α,β-unsaturated/α-hetero) is 1. The average Bonchev–Trinajstić information content (AvgIpc) is 3.33. The van der Waals surface area contributed by atoms with Gasteiger partial charge in [0.2, 0.25) is 5.78 Å². The highest BCUT2D eigenvalue weighted by Gasteiger charge is 2.45. The van der Waals surface area contributed by atoms with Crippen LogP contribution in [0.25, 0.3) is 11.0 Å². The van der Waals surface area contributed by atoms with Crippen LogP contribution in [-0.4, -0.2) is 21.9 Å². The number of furan rings is 1. The van der Waals surface area contributed by atoms with Crippen molar-refractivity contribution < 1.29 is 24.2 Å². The van der Waals surface area contributed by atoms with Gasteiger partial charge in [-0.3, -0.25) is 14.5 Å². The van der Waals surface area contributed by atoms with Gasteiger partial charge in [0.1, 0.15) is 11.3 Å². The van der Waals surface area contributed by atoms with E-state index < -0.39 is 23.5 Å². The highest BCUT2D eigenvalue weighted by molar-refractivity contribution is 6.20. The van der Waals surface area contributed by atoms with E-state index in [1.54, 1.807) is 48.5 Å². The van der Waals surface area contributed by atoms with Crippen LogP contribution in [0.4, 0.5) is 5.69 Å². The molecule has 1 atom stereocenters. The van der Waals surface area contributed by atoms with Gasteiger partial charge >= 0.3 is 0 Å². The lowest BCUT2D eigenvalue weighted by molar-refractivity contribution is -0.117. The summed E-state index contributed by atoms with van der Waals surface area (Å²) in [5.74, 6) is -1.90. The number of phenolic OH excluding ortho intramolecular Hbond substituents is 1. The molecule has 32 heavy (non-hydrogen) atoms. The van der Waals surface area contributed by atoms with Gasteiger partial charge in [-0.25, -0.2) is 0 Å². The zero-order valence-corrected chi connectivity index (χ0v) is 17.1. The Labute approximate surface area is 183 Å². The predicted molar refractivity (Wildman–Crippen MR) is 120 cm³/mol. The number of para-hydroxylation sites is 1. The third-order valence-corrected chi connectivity index (χ3v) is 5.57. The number of benzene rings is 3. The number of aromatic hydroxyl groups is 1. The molecular weight excluding hydrogens is 406 g/mol. The summed E-state index contributed by atoms with van der Waals surface area (Å²) in [5, 5.41) is 21.6. The zero-order chi connectivity index (χ0) is 22.4. The normalized spacial score (nSPS) is 16.2. The van der Waals surface area contributed by atoms with E-state index in [0.29, 0.717) is 16.8 Å². The maximum atomic E-state index is 13.5. The second-order valence-corrected chi connectivity index (χ2v) is 7.75. The van der Waals surface area contributed by atoms with E-state index in [0.717, 1.165) is 10.9 Å². The van der Waals surface area contributed by atoms with Crippen LogP contribution in [0.3, 0.4) is 0 Å². The van der Waals surface area contributed by atoms with Crippen molar-refractivity contribution in [3.05, 3.63) is 107 Å². The van der Waals surface area contributed by atoms with Crippen LogP contribution in [0.15, 0.2) is 94.6 Å². The van der Waals surface area contributed by atoms with Gasteiger partial charge in [0.25, 0.3) is 5.91 Å². The molecule has 0 bridgehead atoms. The van der Waals surface area contributed by atoms with E-state index in [1.165, 1.54) is 17.0 Å². The molecule has 0 saturated heterocycles. The number of hydrogen-bond donors (Lipinski definition) is 2. The Morgan fingerprint density at radius 2 is 1.72 bits per heavy atom. The summed E-state index contributed by atoms with van der Waals surface area (Å²) in [6.45, 7) is 1.89. The summed E-state index contributed by atoms with van der Waals surface area (Å²) in [5.41, 5.74) is 2.37. The molecule has 1 aliphatic rings. The SMILES string of the molecule is Cc1cccc(N2C(=O)C(O)=C(C(=O)c3cc4ccccc4o3)C2c2cccc(O)c2)c1. The lowest BCUT2D eigenvalue weighted by Crippen LogP contribution is -2.31. The Morgan fingerprint density at radius 3 is 2.47 bits per heavy atom. The summed E-state index contributed by atoms with van der Waals surface area (Å²) in [6.07, 6.45) is 0. The maximum absolute atomic E-state index is 13.5. The number of hydrogen-bond acceptors (Lipinski definition) is 5. The van der Waals surface area contributed by atoms with Crippen LogP contribution in [0.2, 0.25) is 0 Å². The number of rotatable bonds is 4. The second-order valence-electron chi connectivity index (χ2n) is 7.75. The molecule has 0 spiro atoms. The summed E-state index contributed by atoms with van der Waals surface area (Å²) in [7, 11) is 0. The molecule has 3 aromatic carbocycles. The molecule has 1 aliphatic heterocycles. The zero-order valence-electron chi connectivity index (χ0n) is 17.1. The van der Waals surface area contributed by atoms with E-state index in [4.69, 9.17) is 4.42 Å². The van der Waals surface area contributed by atoms with Crippen molar-refractivity contribution in [2.75, 3.05) is 4.90 Å². The Hall–Kier alpha value is -4.32. The third-order valence-electron chi connectivity index (χ3n) is 5.57. The fourth-order valence-corrected chi connectivity index (χ4v) is 4.12. The molecule has 158 valence electrons. The second kappa shape index (κ2) is 7.42. The van der Waals surface area contributed by atoms with E-state index in [1.807, 2.05) is 25.1 Å². The fraction of sp³-hybridized carbons (Fsp3) is 0.0769. The Morgan fingerprint density at radius 1 is 0.938 bits per heavy atom. The number of phenols is 1.